The zero-order valence-corrected chi connectivity index (χ0v) is 13.4. The van der Waals surface area contributed by atoms with Gasteiger partial charge in [-0.2, -0.15) is 5.10 Å². The van der Waals surface area contributed by atoms with Gasteiger partial charge in [0.2, 0.25) is 0 Å². The number of anilines is 1. The Morgan fingerprint density at radius 1 is 1.25 bits per heavy atom. The van der Waals surface area contributed by atoms with Crippen molar-refractivity contribution in [2.24, 2.45) is 0 Å². The standard InChI is InChI=1S/C15H14BrN3S/c1-2-10-7-8-14(20-10)15-12(17)9-19(18-15)13-6-4-3-5-11(13)16/h3-9H,2,17H2,1H3. The number of nitrogen functional groups attached to an aromatic ring is 1. The molecule has 1 aromatic carbocycles. The van der Waals surface area contributed by atoms with Crippen molar-refractivity contribution in [2.75, 3.05) is 5.73 Å². The van der Waals surface area contributed by atoms with Crippen LogP contribution in [0.15, 0.2) is 47.1 Å². The van der Waals surface area contributed by atoms with Crippen LogP contribution in [0.4, 0.5) is 5.69 Å². The molecular formula is C15H14BrN3S. The SMILES string of the molecule is CCc1ccc(-c2nn(-c3ccccc3Br)cc2N)s1. The minimum absolute atomic E-state index is 0.699. The number of benzene rings is 1. The first-order valence-electron chi connectivity index (χ1n) is 6.38. The van der Waals surface area contributed by atoms with Crippen LogP contribution in [0, 0.1) is 0 Å². The molecule has 0 fully saturated rings. The van der Waals surface area contributed by atoms with Crippen LogP contribution in [0.1, 0.15) is 11.8 Å². The van der Waals surface area contributed by atoms with Crippen LogP contribution in [0.25, 0.3) is 16.3 Å². The van der Waals surface area contributed by atoms with E-state index >= 15 is 0 Å². The summed E-state index contributed by atoms with van der Waals surface area (Å²) in [6, 6.07) is 12.2. The normalized spacial score (nSPS) is 10.9. The smallest absolute Gasteiger partial charge is 0.126 e. The molecule has 0 spiro atoms. The first-order valence-corrected chi connectivity index (χ1v) is 7.99. The highest BCUT2D eigenvalue weighted by Gasteiger charge is 2.12. The van der Waals surface area contributed by atoms with Crippen molar-refractivity contribution >= 4 is 33.0 Å². The van der Waals surface area contributed by atoms with Crippen molar-refractivity contribution in [1.29, 1.82) is 0 Å². The third-order valence-corrected chi connectivity index (χ3v) is 4.99. The summed E-state index contributed by atoms with van der Waals surface area (Å²) in [6.45, 7) is 2.15. The molecule has 0 aliphatic carbocycles. The molecule has 0 aliphatic heterocycles. The summed E-state index contributed by atoms with van der Waals surface area (Å²) >= 11 is 5.28. The molecule has 3 aromatic rings. The molecule has 0 saturated carbocycles. The fourth-order valence-electron chi connectivity index (χ4n) is 2.03. The summed E-state index contributed by atoms with van der Waals surface area (Å²) in [5.41, 5.74) is 8.66. The molecule has 0 aliphatic rings. The Kier molecular flexibility index (Phi) is 3.63. The number of aryl methyl sites for hydroxylation is 1. The highest BCUT2D eigenvalue weighted by Crippen LogP contribution is 2.32. The second kappa shape index (κ2) is 5.42. The van der Waals surface area contributed by atoms with Gasteiger partial charge in [-0.25, -0.2) is 4.68 Å². The second-order valence-electron chi connectivity index (χ2n) is 4.45. The second-order valence-corrected chi connectivity index (χ2v) is 6.47. The van der Waals surface area contributed by atoms with E-state index in [1.54, 1.807) is 11.3 Å². The fraction of sp³-hybridized carbons (Fsp3) is 0.133. The van der Waals surface area contributed by atoms with Crippen molar-refractivity contribution in [3.8, 4) is 16.3 Å². The van der Waals surface area contributed by atoms with Crippen LogP contribution in [-0.2, 0) is 6.42 Å². The van der Waals surface area contributed by atoms with E-state index in [1.807, 2.05) is 35.1 Å². The third kappa shape index (κ3) is 2.39. The number of nitrogens with zero attached hydrogens (tertiary/aromatic N) is 2. The van der Waals surface area contributed by atoms with E-state index in [-0.39, 0.29) is 0 Å². The van der Waals surface area contributed by atoms with Gasteiger partial charge in [-0.3, -0.25) is 0 Å². The van der Waals surface area contributed by atoms with E-state index in [0.29, 0.717) is 5.69 Å². The van der Waals surface area contributed by atoms with Crippen LogP contribution in [0.3, 0.4) is 0 Å². The largest absolute Gasteiger partial charge is 0.396 e. The molecule has 2 N–H and O–H groups in total. The molecule has 3 nitrogen and oxygen atoms in total. The van der Waals surface area contributed by atoms with Gasteiger partial charge in [0.05, 0.1) is 22.4 Å². The Hall–Kier alpha value is -1.59. The van der Waals surface area contributed by atoms with Crippen LogP contribution in [0.2, 0.25) is 0 Å². The predicted molar refractivity (Wildman–Crippen MR) is 88.4 cm³/mol. The lowest BCUT2D eigenvalue weighted by atomic mass is 10.3. The molecule has 3 rings (SSSR count). The van der Waals surface area contributed by atoms with E-state index in [0.717, 1.165) is 27.2 Å². The van der Waals surface area contributed by atoms with Crippen molar-refractivity contribution in [1.82, 2.24) is 9.78 Å². The van der Waals surface area contributed by atoms with Crippen molar-refractivity contribution in [3.63, 3.8) is 0 Å². The van der Waals surface area contributed by atoms with Gasteiger partial charge in [-0.1, -0.05) is 19.1 Å². The van der Waals surface area contributed by atoms with Crippen molar-refractivity contribution in [2.45, 2.75) is 13.3 Å². The number of para-hydroxylation sites is 1. The number of nitrogens with two attached hydrogens (primary N) is 1. The molecule has 0 saturated heterocycles. The Morgan fingerprint density at radius 3 is 2.75 bits per heavy atom. The Morgan fingerprint density at radius 2 is 2.05 bits per heavy atom. The molecule has 0 radical (unpaired) electrons. The zero-order chi connectivity index (χ0) is 14.1. The summed E-state index contributed by atoms with van der Waals surface area (Å²) in [4.78, 5) is 2.46. The molecule has 0 bridgehead atoms. The van der Waals surface area contributed by atoms with Gasteiger partial charge >= 0.3 is 0 Å². The van der Waals surface area contributed by atoms with Crippen molar-refractivity contribution < 1.29 is 0 Å². The minimum Gasteiger partial charge on any atom is -0.396 e. The topological polar surface area (TPSA) is 43.8 Å². The van der Waals surface area contributed by atoms with Gasteiger partial charge in [0.1, 0.15) is 5.69 Å². The summed E-state index contributed by atoms with van der Waals surface area (Å²) in [5, 5.41) is 4.63. The molecule has 5 heteroatoms. The summed E-state index contributed by atoms with van der Waals surface area (Å²) in [7, 11) is 0. The molecule has 2 heterocycles. The van der Waals surface area contributed by atoms with Gasteiger partial charge in [0.15, 0.2) is 0 Å². The van der Waals surface area contributed by atoms with Gasteiger partial charge in [-0.05, 0) is 46.6 Å². The van der Waals surface area contributed by atoms with Gasteiger partial charge < -0.3 is 5.73 Å². The first-order chi connectivity index (χ1) is 9.69. The van der Waals surface area contributed by atoms with Crippen LogP contribution >= 0.6 is 27.3 Å². The van der Waals surface area contributed by atoms with Crippen LogP contribution in [-0.4, -0.2) is 9.78 Å². The summed E-state index contributed by atoms with van der Waals surface area (Å²) < 4.78 is 2.81. The molecule has 0 unspecified atom stereocenters. The van der Waals surface area contributed by atoms with Gasteiger partial charge in [0, 0.05) is 9.35 Å². The lowest BCUT2D eigenvalue weighted by molar-refractivity contribution is 0.881. The van der Waals surface area contributed by atoms with E-state index < -0.39 is 0 Å². The maximum atomic E-state index is 6.12. The molecule has 20 heavy (non-hydrogen) atoms. The molecule has 0 amide bonds. The van der Waals surface area contributed by atoms with E-state index in [1.165, 1.54) is 4.88 Å². The third-order valence-electron chi connectivity index (χ3n) is 3.09. The number of aromatic nitrogens is 2. The number of hydrogen-bond donors (Lipinski definition) is 1. The van der Waals surface area contributed by atoms with Crippen LogP contribution < -0.4 is 5.73 Å². The summed E-state index contributed by atoms with van der Waals surface area (Å²) in [5.74, 6) is 0. The highest BCUT2D eigenvalue weighted by atomic mass is 79.9. The summed E-state index contributed by atoms with van der Waals surface area (Å²) in [6.07, 6.45) is 2.90. The number of halogens is 1. The minimum atomic E-state index is 0.699. The average Bonchev–Trinajstić information content (AvgIpc) is 3.05. The van der Waals surface area contributed by atoms with Gasteiger partial charge in [0.25, 0.3) is 0 Å². The number of hydrogen-bond acceptors (Lipinski definition) is 3. The number of thiophene rings is 1. The quantitative estimate of drug-likeness (QED) is 0.757. The molecular weight excluding hydrogens is 334 g/mol. The van der Waals surface area contributed by atoms with E-state index in [4.69, 9.17) is 5.73 Å². The molecule has 0 atom stereocenters. The monoisotopic (exact) mass is 347 g/mol. The van der Waals surface area contributed by atoms with E-state index in [9.17, 15) is 0 Å². The van der Waals surface area contributed by atoms with Crippen molar-refractivity contribution in [3.05, 3.63) is 51.9 Å². The Balaban J connectivity index is 2.05. The Labute approximate surface area is 130 Å². The Bertz CT molecular complexity index is 745. The van der Waals surface area contributed by atoms with Crippen LogP contribution in [0.5, 0.6) is 0 Å². The maximum absolute atomic E-state index is 6.12. The average molecular weight is 348 g/mol. The lowest BCUT2D eigenvalue weighted by Gasteiger charge is -2.02. The molecule has 2 aromatic heterocycles. The van der Waals surface area contributed by atoms with E-state index in [2.05, 4.69) is 40.1 Å². The predicted octanol–water partition coefficient (Wildman–Crippen LogP) is 4.51. The fourth-order valence-corrected chi connectivity index (χ4v) is 3.46. The lowest BCUT2D eigenvalue weighted by Crippen LogP contribution is -1.95. The first kappa shape index (κ1) is 13.4. The van der Waals surface area contributed by atoms with Gasteiger partial charge in [-0.15, -0.1) is 11.3 Å². The molecule has 102 valence electrons. The maximum Gasteiger partial charge on any atom is 0.126 e. The number of rotatable bonds is 3. The highest BCUT2D eigenvalue weighted by molar-refractivity contribution is 9.10. The zero-order valence-electron chi connectivity index (χ0n) is 11.0.